The SMILES string of the molecule is C=Cc1c(C=CCC)ccc(=CC=CC)c1=C=CC. The van der Waals surface area contributed by atoms with Gasteiger partial charge in [-0.05, 0) is 42.7 Å². The number of hydrogen-bond donors (Lipinski definition) is 0. The van der Waals surface area contributed by atoms with Gasteiger partial charge in [0.05, 0.1) is 0 Å². The van der Waals surface area contributed by atoms with E-state index in [0.717, 1.165) is 17.2 Å². The predicted molar refractivity (Wildman–Crippen MR) is 88.0 cm³/mol. The molecule has 1 aromatic carbocycles. The van der Waals surface area contributed by atoms with Crippen molar-refractivity contribution >= 4 is 24.0 Å². The van der Waals surface area contributed by atoms with Gasteiger partial charge in [0.2, 0.25) is 0 Å². The highest BCUT2D eigenvalue weighted by molar-refractivity contribution is 5.66. The van der Waals surface area contributed by atoms with Crippen LogP contribution in [0, 0.1) is 0 Å². The monoisotopic (exact) mass is 250 g/mol. The van der Waals surface area contributed by atoms with Crippen LogP contribution < -0.4 is 10.4 Å². The zero-order valence-electron chi connectivity index (χ0n) is 12.1. The molecule has 19 heavy (non-hydrogen) atoms. The molecule has 0 aliphatic carbocycles. The third kappa shape index (κ3) is 3.98. The highest BCUT2D eigenvalue weighted by Gasteiger charge is 1.98. The van der Waals surface area contributed by atoms with Gasteiger partial charge in [0.25, 0.3) is 0 Å². The average molecular weight is 250 g/mol. The Bertz CT molecular complexity index is 633. The molecule has 0 aliphatic heterocycles. The summed E-state index contributed by atoms with van der Waals surface area (Å²) in [6.45, 7) is 10.1. The summed E-state index contributed by atoms with van der Waals surface area (Å²) in [7, 11) is 0. The fourth-order valence-electron chi connectivity index (χ4n) is 1.91. The Morgan fingerprint density at radius 1 is 1.26 bits per heavy atom. The topological polar surface area (TPSA) is 0 Å². The molecule has 0 radical (unpaired) electrons. The van der Waals surface area contributed by atoms with Crippen LogP contribution in [0.2, 0.25) is 0 Å². The fraction of sp³-hybridized carbons (Fsp3) is 0.211. The molecule has 0 amide bonds. The van der Waals surface area contributed by atoms with Crippen molar-refractivity contribution in [2.24, 2.45) is 0 Å². The lowest BCUT2D eigenvalue weighted by atomic mass is 10.0. The van der Waals surface area contributed by atoms with Gasteiger partial charge in [-0.15, -0.1) is 5.73 Å². The van der Waals surface area contributed by atoms with E-state index in [4.69, 9.17) is 0 Å². The van der Waals surface area contributed by atoms with E-state index >= 15 is 0 Å². The van der Waals surface area contributed by atoms with Crippen LogP contribution in [0.3, 0.4) is 0 Å². The van der Waals surface area contributed by atoms with Crippen molar-refractivity contribution < 1.29 is 0 Å². The Kier molecular flexibility index (Phi) is 6.43. The second kappa shape index (κ2) is 8.13. The number of rotatable bonds is 4. The summed E-state index contributed by atoms with van der Waals surface area (Å²) in [5, 5.41) is 2.27. The first-order valence-corrected chi connectivity index (χ1v) is 6.74. The summed E-state index contributed by atoms with van der Waals surface area (Å²) in [6, 6.07) is 4.27. The van der Waals surface area contributed by atoms with Crippen LogP contribution in [0.15, 0.2) is 43.0 Å². The van der Waals surface area contributed by atoms with Gasteiger partial charge in [0.1, 0.15) is 0 Å². The molecule has 0 atom stereocenters. The minimum absolute atomic E-state index is 1.03. The minimum atomic E-state index is 1.03. The molecule has 1 aromatic rings. The molecule has 0 saturated carbocycles. The standard InChI is InChI=1S/C19H22/c1-5-9-12-16-14-15-17(13-10-6-2)19(11-7-3)18(16)8-4/h6-10,12-15H,4-5H2,1-3H3. The quantitative estimate of drug-likeness (QED) is 0.756. The Labute approximate surface area is 116 Å². The Morgan fingerprint density at radius 2 is 2.05 bits per heavy atom. The smallest absolute Gasteiger partial charge is 0.0311 e. The van der Waals surface area contributed by atoms with E-state index < -0.39 is 0 Å². The van der Waals surface area contributed by atoms with Crippen molar-refractivity contribution in [1.29, 1.82) is 0 Å². The van der Waals surface area contributed by atoms with Gasteiger partial charge in [0.15, 0.2) is 0 Å². The lowest BCUT2D eigenvalue weighted by Crippen LogP contribution is -2.26. The first kappa shape index (κ1) is 15.0. The molecule has 0 saturated heterocycles. The zero-order chi connectivity index (χ0) is 14.1. The molecule has 0 heterocycles. The number of hydrogen-bond acceptors (Lipinski definition) is 0. The Balaban J connectivity index is 3.72. The molecular weight excluding hydrogens is 228 g/mol. The maximum absolute atomic E-state index is 3.94. The van der Waals surface area contributed by atoms with Gasteiger partial charge in [-0.3, -0.25) is 0 Å². The molecule has 0 heteroatoms. The third-order valence-corrected chi connectivity index (χ3v) is 2.81. The Morgan fingerprint density at radius 3 is 2.63 bits per heavy atom. The summed E-state index contributed by atoms with van der Waals surface area (Å²) in [5.41, 5.74) is 5.66. The van der Waals surface area contributed by atoms with Gasteiger partial charge >= 0.3 is 0 Å². The molecule has 0 bridgehead atoms. The molecule has 0 fully saturated rings. The van der Waals surface area contributed by atoms with E-state index in [1.54, 1.807) is 0 Å². The maximum atomic E-state index is 3.94. The molecule has 0 N–H and O–H groups in total. The molecule has 98 valence electrons. The fourth-order valence-corrected chi connectivity index (χ4v) is 1.91. The number of benzene rings is 1. The molecule has 0 spiro atoms. The first-order chi connectivity index (χ1) is 9.28. The molecule has 0 aromatic heterocycles. The molecular formula is C19H22. The molecule has 0 nitrogen and oxygen atoms in total. The highest BCUT2D eigenvalue weighted by Crippen LogP contribution is 2.07. The lowest BCUT2D eigenvalue weighted by molar-refractivity contribution is 1.23. The minimum Gasteiger partial charge on any atom is -0.116 e. The first-order valence-electron chi connectivity index (χ1n) is 6.74. The van der Waals surface area contributed by atoms with E-state index in [1.807, 2.05) is 38.2 Å². The van der Waals surface area contributed by atoms with E-state index in [9.17, 15) is 0 Å². The van der Waals surface area contributed by atoms with Crippen LogP contribution in [-0.4, -0.2) is 0 Å². The Hall–Kier alpha value is -2.04. The largest absolute Gasteiger partial charge is 0.116 e. The molecule has 0 aliphatic rings. The lowest BCUT2D eigenvalue weighted by Gasteiger charge is -2.02. The molecule has 0 unspecified atom stereocenters. The van der Waals surface area contributed by atoms with Crippen LogP contribution in [0.25, 0.3) is 24.0 Å². The number of allylic oxidation sites excluding steroid dienone is 4. The second-order valence-corrected chi connectivity index (χ2v) is 4.17. The van der Waals surface area contributed by atoms with E-state index in [1.165, 1.54) is 10.8 Å². The van der Waals surface area contributed by atoms with E-state index in [2.05, 4.69) is 49.6 Å². The van der Waals surface area contributed by atoms with Gasteiger partial charge < -0.3 is 0 Å². The van der Waals surface area contributed by atoms with Gasteiger partial charge in [-0.2, -0.15) is 0 Å². The summed E-state index contributed by atoms with van der Waals surface area (Å²) < 4.78 is 0. The normalized spacial score (nSPS) is 12.1. The van der Waals surface area contributed by atoms with Crippen LogP contribution in [0.1, 0.15) is 38.3 Å². The van der Waals surface area contributed by atoms with Crippen LogP contribution >= 0.6 is 0 Å². The maximum Gasteiger partial charge on any atom is 0.0311 e. The van der Waals surface area contributed by atoms with Crippen molar-refractivity contribution in [3.05, 3.63) is 64.6 Å². The zero-order valence-corrected chi connectivity index (χ0v) is 12.1. The van der Waals surface area contributed by atoms with Crippen molar-refractivity contribution in [2.45, 2.75) is 27.2 Å². The van der Waals surface area contributed by atoms with E-state index in [-0.39, 0.29) is 0 Å². The van der Waals surface area contributed by atoms with Crippen molar-refractivity contribution in [1.82, 2.24) is 0 Å². The highest BCUT2D eigenvalue weighted by atomic mass is 14.0. The van der Waals surface area contributed by atoms with Crippen LogP contribution in [0.4, 0.5) is 0 Å². The summed E-state index contributed by atoms with van der Waals surface area (Å²) in [5.74, 6) is 0. The van der Waals surface area contributed by atoms with Gasteiger partial charge in [-0.25, -0.2) is 0 Å². The van der Waals surface area contributed by atoms with Crippen LogP contribution in [0.5, 0.6) is 0 Å². The average Bonchev–Trinajstić information content (AvgIpc) is 2.44. The predicted octanol–water partition coefficient (Wildman–Crippen LogP) is 4.06. The van der Waals surface area contributed by atoms with E-state index in [0.29, 0.717) is 0 Å². The van der Waals surface area contributed by atoms with Crippen LogP contribution in [-0.2, 0) is 0 Å². The summed E-state index contributed by atoms with van der Waals surface area (Å²) in [4.78, 5) is 0. The van der Waals surface area contributed by atoms with Crippen molar-refractivity contribution in [3.63, 3.8) is 0 Å². The second-order valence-electron chi connectivity index (χ2n) is 4.17. The third-order valence-electron chi connectivity index (χ3n) is 2.81. The van der Waals surface area contributed by atoms with Gasteiger partial charge in [-0.1, -0.05) is 62.1 Å². The van der Waals surface area contributed by atoms with Gasteiger partial charge in [0, 0.05) is 5.22 Å². The summed E-state index contributed by atoms with van der Waals surface area (Å²) in [6.07, 6.45) is 15.4. The molecule has 1 rings (SSSR count). The summed E-state index contributed by atoms with van der Waals surface area (Å²) >= 11 is 0. The van der Waals surface area contributed by atoms with Crippen molar-refractivity contribution in [2.75, 3.05) is 0 Å². The van der Waals surface area contributed by atoms with Crippen molar-refractivity contribution in [3.8, 4) is 0 Å².